The zero-order chi connectivity index (χ0) is 22.7. The van der Waals surface area contributed by atoms with Crippen molar-refractivity contribution in [3.8, 4) is 0 Å². The van der Waals surface area contributed by atoms with E-state index in [1.165, 1.54) is 5.52 Å². The van der Waals surface area contributed by atoms with Crippen molar-refractivity contribution in [2.45, 2.75) is 26.8 Å². The van der Waals surface area contributed by atoms with Gasteiger partial charge in [-0.3, -0.25) is 9.59 Å². The van der Waals surface area contributed by atoms with Crippen LogP contribution < -0.4 is 10.7 Å². The average molecular weight is 491 g/mol. The minimum Gasteiger partial charge on any atom is -0.341 e. The van der Waals surface area contributed by atoms with Gasteiger partial charge in [0.2, 0.25) is 5.91 Å². The van der Waals surface area contributed by atoms with Gasteiger partial charge in [0, 0.05) is 49.8 Å². The summed E-state index contributed by atoms with van der Waals surface area (Å²) in [6.07, 6.45) is 0.0769. The molecule has 0 unspecified atom stereocenters. The second-order valence-corrected chi connectivity index (χ2v) is 8.43. The Hall–Kier alpha value is -3.45. The van der Waals surface area contributed by atoms with Crippen LogP contribution in [-0.2, 0) is 11.3 Å². The fraction of sp³-hybridized carbons (Fsp3) is 0.160. The normalized spacial score (nSPS) is 11.7. The van der Waals surface area contributed by atoms with Gasteiger partial charge in [0.1, 0.15) is 0 Å². The summed E-state index contributed by atoms with van der Waals surface area (Å²) in [6, 6.07) is 21.2. The lowest BCUT2D eigenvalue weighted by molar-refractivity contribution is -0.115. The minimum atomic E-state index is -0.330. The van der Waals surface area contributed by atoms with E-state index in [-0.39, 0.29) is 18.2 Å². The van der Waals surface area contributed by atoms with Crippen molar-refractivity contribution in [2.24, 2.45) is 5.10 Å². The van der Waals surface area contributed by atoms with Crippen LogP contribution in [0, 0.1) is 0 Å². The molecule has 1 aromatic heterocycles. The lowest BCUT2D eigenvalue weighted by Crippen LogP contribution is -2.21. The summed E-state index contributed by atoms with van der Waals surface area (Å²) in [4.78, 5) is 24.7. The van der Waals surface area contributed by atoms with Crippen molar-refractivity contribution in [3.63, 3.8) is 0 Å². The number of fused-ring (bicyclic) bond motifs is 3. The summed E-state index contributed by atoms with van der Waals surface area (Å²) >= 11 is 3.34. The van der Waals surface area contributed by atoms with Crippen LogP contribution >= 0.6 is 15.9 Å². The predicted octanol–water partition coefficient (Wildman–Crippen LogP) is 5.71. The number of anilines is 1. The lowest BCUT2D eigenvalue weighted by atomic mass is 10.1. The van der Waals surface area contributed by atoms with E-state index in [4.69, 9.17) is 0 Å². The molecule has 0 fully saturated rings. The Morgan fingerprint density at radius 3 is 2.53 bits per heavy atom. The number of hydrogen-bond acceptors (Lipinski definition) is 3. The quantitative estimate of drug-likeness (QED) is 0.268. The number of carbonyl (C=O) groups is 2. The third kappa shape index (κ3) is 4.57. The average Bonchev–Trinajstić information content (AvgIpc) is 3.10. The Balaban J connectivity index is 1.45. The number of carbonyl (C=O) groups excluding carboxylic acids is 2. The van der Waals surface area contributed by atoms with E-state index < -0.39 is 0 Å². The van der Waals surface area contributed by atoms with Crippen molar-refractivity contribution in [2.75, 3.05) is 5.32 Å². The van der Waals surface area contributed by atoms with Gasteiger partial charge in [-0.2, -0.15) is 5.10 Å². The van der Waals surface area contributed by atoms with Gasteiger partial charge in [-0.1, -0.05) is 40.2 Å². The molecule has 7 heteroatoms. The molecule has 0 saturated carbocycles. The molecule has 2 N–H and O–H groups in total. The minimum absolute atomic E-state index is 0.0769. The van der Waals surface area contributed by atoms with E-state index in [9.17, 15) is 9.59 Å². The summed E-state index contributed by atoms with van der Waals surface area (Å²) < 4.78 is 3.07. The third-order valence-corrected chi connectivity index (χ3v) is 5.72. The molecule has 0 aliphatic carbocycles. The molecule has 4 rings (SSSR count). The molecule has 0 saturated heterocycles. The van der Waals surface area contributed by atoms with Gasteiger partial charge in [0.25, 0.3) is 5.91 Å². The summed E-state index contributed by atoms with van der Waals surface area (Å²) in [5.74, 6) is -0.523. The summed E-state index contributed by atoms with van der Waals surface area (Å²) in [5, 5.41) is 9.25. The number of hydrogen-bond donors (Lipinski definition) is 2. The number of aryl methyl sites for hydroxylation is 1. The molecular formula is C25H23BrN4O2. The molecule has 0 aliphatic heterocycles. The standard InChI is InChI=1S/C25H23BrN4O2/c1-3-30-22-10-5-4-9-20(22)21-15-19(11-12-23(21)30)27-24(31)13-16(2)28-29-25(32)17-7-6-8-18(26)14-17/h4-12,14-15H,3,13H2,1-2H3,(H,27,31)(H,29,32)/b28-16-. The van der Waals surface area contributed by atoms with Crippen molar-refractivity contribution in [1.29, 1.82) is 0 Å². The number of nitrogens with zero attached hydrogens (tertiary/aromatic N) is 2. The number of amides is 2. The Bertz CT molecular complexity index is 1360. The number of aromatic nitrogens is 1. The highest BCUT2D eigenvalue weighted by molar-refractivity contribution is 9.10. The SMILES string of the molecule is CCn1c2ccccc2c2cc(NC(=O)C/C(C)=N\NC(=O)c3cccc(Br)c3)ccc21. The third-order valence-electron chi connectivity index (χ3n) is 5.22. The van der Waals surface area contributed by atoms with Crippen molar-refractivity contribution in [3.05, 3.63) is 76.8 Å². The Kier molecular flexibility index (Phi) is 6.37. The maximum absolute atomic E-state index is 12.5. The van der Waals surface area contributed by atoms with Gasteiger partial charge < -0.3 is 9.88 Å². The molecule has 0 atom stereocenters. The second-order valence-electron chi connectivity index (χ2n) is 7.52. The van der Waals surface area contributed by atoms with E-state index in [0.29, 0.717) is 11.3 Å². The zero-order valence-electron chi connectivity index (χ0n) is 17.9. The van der Waals surface area contributed by atoms with E-state index in [0.717, 1.165) is 33.0 Å². The van der Waals surface area contributed by atoms with E-state index in [2.05, 4.69) is 55.4 Å². The van der Waals surface area contributed by atoms with Gasteiger partial charge in [-0.15, -0.1) is 0 Å². The molecule has 0 aliphatic rings. The zero-order valence-corrected chi connectivity index (χ0v) is 19.4. The van der Waals surface area contributed by atoms with Crippen molar-refractivity contribution in [1.82, 2.24) is 9.99 Å². The molecule has 0 radical (unpaired) electrons. The topological polar surface area (TPSA) is 75.5 Å². The van der Waals surface area contributed by atoms with Gasteiger partial charge in [0.05, 0.1) is 6.42 Å². The number of benzene rings is 3. The second kappa shape index (κ2) is 9.36. The number of rotatable bonds is 6. The molecule has 0 spiro atoms. The molecule has 6 nitrogen and oxygen atoms in total. The monoisotopic (exact) mass is 490 g/mol. The van der Waals surface area contributed by atoms with Gasteiger partial charge in [-0.25, -0.2) is 5.43 Å². The van der Waals surface area contributed by atoms with Crippen molar-refractivity contribution >= 4 is 60.9 Å². The maximum atomic E-state index is 12.5. The fourth-order valence-electron chi connectivity index (χ4n) is 3.79. The number of halogens is 1. The summed E-state index contributed by atoms with van der Waals surface area (Å²) in [5.41, 5.74) is 6.54. The Morgan fingerprint density at radius 2 is 1.75 bits per heavy atom. The van der Waals surface area contributed by atoms with Crippen LogP contribution in [-0.4, -0.2) is 22.1 Å². The Labute approximate surface area is 194 Å². The van der Waals surface area contributed by atoms with Gasteiger partial charge in [-0.05, 0) is 56.3 Å². The van der Waals surface area contributed by atoms with E-state index >= 15 is 0 Å². The highest BCUT2D eigenvalue weighted by Crippen LogP contribution is 2.31. The largest absolute Gasteiger partial charge is 0.341 e. The molecule has 4 aromatic rings. The van der Waals surface area contributed by atoms with E-state index in [1.54, 1.807) is 25.1 Å². The predicted molar refractivity (Wildman–Crippen MR) is 133 cm³/mol. The summed E-state index contributed by atoms with van der Waals surface area (Å²) in [6.45, 7) is 4.70. The summed E-state index contributed by atoms with van der Waals surface area (Å²) in [7, 11) is 0. The van der Waals surface area contributed by atoms with Crippen LogP contribution in [0.3, 0.4) is 0 Å². The molecule has 2 amide bonds. The smallest absolute Gasteiger partial charge is 0.271 e. The van der Waals surface area contributed by atoms with Gasteiger partial charge in [0.15, 0.2) is 0 Å². The molecule has 3 aromatic carbocycles. The first-order valence-corrected chi connectivity index (χ1v) is 11.2. The Morgan fingerprint density at radius 1 is 0.969 bits per heavy atom. The molecular weight excluding hydrogens is 468 g/mol. The molecule has 32 heavy (non-hydrogen) atoms. The van der Waals surface area contributed by atoms with E-state index in [1.807, 2.05) is 36.4 Å². The van der Waals surface area contributed by atoms with Crippen LogP contribution in [0.15, 0.2) is 76.3 Å². The number of para-hydroxylation sites is 1. The molecule has 1 heterocycles. The van der Waals surface area contributed by atoms with Crippen LogP contribution in [0.2, 0.25) is 0 Å². The van der Waals surface area contributed by atoms with Crippen molar-refractivity contribution < 1.29 is 9.59 Å². The van der Waals surface area contributed by atoms with Gasteiger partial charge >= 0.3 is 0 Å². The first-order valence-electron chi connectivity index (χ1n) is 10.4. The fourth-order valence-corrected chi connectivity index (χ4v) is 4.19. The first kappa shape index (κ1) is 21.8. The lowest BCUT2D eigenvalue weighted by Gasteiger charge is -2.07. The van der Waals surface area contributed by atoms with Crippen LogP contribution in [0.1, 0.15) is 30.6 Å². The highest BCUT2D eigenvalue weighted by atomic mass is 79.9. The van der Waals surface area contributed by atoms with Crippen LogP contribution in [0.5, 0.6) is 0 Å². The van der Waals surface area contributed by atoms with Crippen LogP contribution in [0.25, 0.3) is 21.8 Å². The van der Waals surface area contributed by atoms with Crippen LogP contribution in [0.4, 0.5) is 5.69 Å². The molecule has 162 valence electrons. The first-order chi connectivity index (χ1) is 15.5. The number of hydrazone groups is 1. The molecule has 0 bridgehead atoms. The highest BCUT2D eigenvalue weighted by Gasteiger charge is 2.12. The maximum Gasteiger partial charge on any atom is 0.271 e. The number of nitrogens with one attached hydrogen (secondary N) is 2.